The maximum Gasteiger partial charge on any atom is 0.313 e. The first-order chi connectivity index (χ1) is 13.9. The monoisotopic (exact) mass is 437 g/mol. The molecule has 0 saturated carbocycles. The zero-order valence-corrected chi connectivity index (χ0v) is 17.2. The number of carbonyl (C=O) groups is 2. The van der Waals surface area contributed by atoms with Crippen molar-refractivity contribution >= 4 is 40.7 Å². The summed E-state index contributed by atoms with van der Waals surface area (Å²) in [5.41, 5.74) is 7.85. The number of unbranched alkanes of at least 4 members (excludes halogenated alkanes) is 1. The summed E-state index contributed by atoms with van der Waals surface area (Å²) in [6, 6.07) is 9.28. The Bertz CT molecular complexity index is 923. The molecule has 2 atom stereocenters. The predicted molar refractivity (Wildman–Crippen MR) is 113 cm³/mol. The van der Waals surface area contributed by atoms with Gasteiger partial charge in [-0.25, -0.2) is 4.39 Å². The maximum absolute atomic E-state index is 13.5. The molecule has 0 radical (unpaired) electrons. The van der Waals surface area contributed by atoms with Gasteiger partial charge in [0.05, 0.1) is 5.02 Å². The molecular weight excluding hydrogens is 416 g/mol. The minimum atomic E-state index is -0.866. The van der Waals surface area contributed by atoms with Gasteiger partial charge in [-0.05, 0) is 61.2 Å². The number of halogens is 3. The van der Waals surface area contributed by atoms with Crippen molar-refractivity contribution in [2.45, 2.75) is 37.6 Å². The Balaban J connectivity index is 1.69. The second kappa shape index (κ2) is 9.57. The summed E-state index contributed by atoms with van der Waals surface area (Å²) in [5, 5.41) is 5.80. The third-order valence-electron chi connectivity index (χ3n) is 5.13. The highest BCUT2D eigenvalue weighted by Gasteiger charge is 2.35. The highest BCUT2D eigenvalue weighted by Crippen LogP contribution is 2.40. The quantitative estimate of drug-likeness (QED) is 0.471. The number of anilines is 1. The van der Waals surface area contributed by atoms with Crippen molar-refractivity contribution in [2.24, 2.45) is 5.73 Å². The van der Waals surface area contributed by atoms with Crippen LogP contribution in [-0.4, -0.2) is 24.4 Å². The third-order valence-corrected chi connectivity index (χ3v) is 5.79. The molecule has 5 nitrogen and oxygen atoms in total. The van der Waals surface area contributed by atoms with Crippen molar-refractivity contribution in [2.75, 3.05) is 11.9 Å². The van der Waals surface area contributed by atoms with Gasteiger partial charge in [-0.3, -0.25) is 9.59 Å². The number of nitrogens with two attached hydrogens (primary N) is 1. The fourth-order valence-electron chi connectivity index (χ4n) is 3.73. The van der Waals surface area contributed by atoms with E-state index in [-0.39, 0.29) is 22.7 Å². The van der Waals surface area contributed by atoms with Crippen LogP contribution in [0.15, 0.2) is 36.4 Å². The summed E-state index contributed by atoms with van der Waals surface area (Å²) >= 11 is 12.0. The molecule has 0 saturated heterocycles. The molecule has 2 amide bonds. The lowest BCUT2D eigenvalue weighted by atomic mass is 9.92. The lowest BCUT2D eigenvalue weighted by molar-refractivity contribution is -0.136. The highest BCUT2D eigenvalue weighted by atomic mass is 35.5. The van der Waals surface area contributed by atoms with Crippen LogP contribution >= 0.6 is 23.2 Å². The van der Waals surface area contributed by atoms with Crippen LogP contribution in [0.3, 0.4) is 0 Å². The average molecular weight is 438 g/mol. The molecule has 3 rings (SSSR count). The fourth-order valence-corrected chi connectivity index (χ4v) is 4.11. The van der Waals surface area contributed by atoms with E-state index in [1.54, 1.807) is 0 Å². The van der Waals surface area contributed by atoms with E-state index < -0.39 is 17.6 Å². The van der Waals surface area contributed by atoms with Crippen LogP contribution in [-0.2, 0) is 16.0 Å². The van der Waals surface area contributed by atoms with E-state index in [1.165, 1.54) is 12.1 Å². The van der Waals surface area contributed by atoms with E-state index in [0.29, 0.717) is 18.0 Å². The number of rotatable bonds is 6. The van der Waals surface area contributed by atoms with Crippen molar-refractivity contribution in [1.82, 2.24) is 5.32 Å². The summed E-state index contributed by atoms with van der Waals surface area (Å²) in [7, 11) is 0. The largest absolute Gasteiger partial charge is 0.344 e. The molecule has 1 aliphatic rings. The Morgan fingerprint density at radius 3 is 2.62 bits per heavy atom. The Labute approximate surface area is 178 Å². The molecule has 0 aliphatic heterocycles. The van der Waals surface area contributed by atoms with E-state index in [1.807, 2.05) is 18.2 Å². The van der Waals surface area contributed by atoms with Gasteiger partial charge < -0.3 is 16.4 Å². The van der Waals surface area contributed by atoms with Crippen LogP contribution in [0.4, 0.5) is 10.1 Å². The molecule has 0 bridgehead atoms. The maximum atomic E-state index is 13.5. The van der Waals surface area contributed by atoms with Gasteiger partial charge in [0, 0.05) is 22.7 Å². The summed E-state index contributed by atoms with van der Waals surface area (Å²) in [6.07, 6.45) is 3.18. The van der Waals surface area contributed by atoms with Crippen molar-refractivity contribution in [3.05, 3.63) is 63.4 Å². The van der Waals surface area contributed by atoms with Gasteiger partial charge in [0.2, 0.25) is 0 Å². The number of hydrogen-bond acceptors (Lipinski definition) is 3. The van der Waals surface area contributed by atoms with Crippen molar-refractivity contribution in [3.63, 3.8) is 0 Å². The molecular formula is C21H22Cl2FN3O2. The van der Waals surface area contributed by atoms with Gasteiger partial charge in [-0.2, -0.15) is 0 Å². The molecule has 154 valence electrons. The van der Waals surface area contributed by atoms with Gasteiger partial charge in [-0.1, -0.05) is 41.8 Å². The van der Waals surface area contributed by atoms with Crippen LogP contribution in [0.5, 0.6) is 0 Å². The second-order valence-corrected chi connectivity index (χ2v) is 7.88. The Morgan fingerprint density at radius 2 is 1.90 bits per heavy atom. The minimum Gasteiger partial charge on any atom is -0.344 e. The topological polar surface area (TPSA) is 84.2 Å². The van der Waals surface area contributed by atoms with Crippen LogP contribution in [0.25, 0.3) is 0 Å². The van der Waals surface area contributed by atoms with Crippen LogP contribution < -0.4 is 16.4 Å². The van der Waals surface area contributed by atoms with Crippen LogP contribution in [0, 0.1) is 5.82 Å². The highest BCUT2D eigenvalue weighted by molar-refractivity contribution is 6.39. The number of amides is 2. The fraction of sp³-hybridized carbons (Fsp3) is 0.333. The first-order valence-corrected chi connectivity index (χ1v) is 10.2. The second-order valence-electron chi connectivity index (χ2n) is 7.07. The van der Waals surface area contributed by atoms with Gasteiger partial charge in [0.1, 0.15) is 5.82 Å². The van der Waals surface area contributed by atoms with Crippen molar-refractivity contribution in [1.29, 1.82) is 0 Å². The Hall–Kier alpha value is -2.15. The SMILES string of the molecule is NCCCCC1c2cccc(Cl)c2CC1NC(=O)C(=O)Nc1ccc(Cl)c(F)c1. The van der Waals surface area contributed by atoms with Gasteiger partial charge in [0.25, 0.3) is 0 Å². The predicted octanol–water partition coefficient (Wildman–Crippen LogP) is 4.02. The van der Waals surface area contributed by atoms with Crippen molar-refractivity contribution < 1.29 is 14.0 Å². The van der Waals surface area contributed by atoms with Gasteiger partial charge >= 0.3 is 11.8 Å². The zero-order chi connectivity index (χ0) is 21.0. The minimum absolute atomic E-state index is 0.0555. The Morgan fingerprint density at radius 1 is 1.10 bits per heavy atom. The number of nitrogens with one attached hydrogen (secondary N) is 2. The zero-order valence-electron chi connectivity index (χ0n) is 15.7. The standard InChI is InChI=1S/C21H22Cl2FN3O2/c22-16-6-3-5-13-14(4-1-2-9-25)19(11-15(13)16)27-21(29)20(28)26-12-7-8-17(23)18(24)10-12/h3,5-8,10,14,19H,1-2,4,9,11,25H2,(H,26,28)(H,27,29). The van der Waals surface area contributed by atoms with Gasteiger partial charge in [-0.15, -0.1) is 0 Å². The number of carbonyl (C=O) groups excluding carboxylic acids is 2. The van der Waals surface area contributed by atoms with Crippen LogP contribution in [0.2, 0.25) is 10.0 Å². The molecule has 0 spiro atoms. The van der Waals surface area contributed by atoms with Gasteiger partial charge in [0.15, 0.2) is 0 Å². The molecule has 1 aliphatic carbocycles. The number of benzene rings is 2. The lowest BCUT2D eigenvalue weighted by Crippen LogP contribution is -2.43. The smallest absolute Gasteiger partial charge is 0.313 e. The first-order valence-electron chi connectivity index (χ1n) is 9.45. The summed E-state index contributed by atoms with van der Waals surface area (Å²) < 4.78 is 13.5. The molecule has 2 aromatic rings. The summed E-state index contributed by atoms with van der Waals surface area (Å²) in [5.74, 6) is -2.27. The number of hydrogen-bond donors (Lipinski definition) is 3. The molecule has 2 unspecified atom stereocenters. The van der Waals surface area contributed by atoms with Crippen molar-refractivity contribution in [3.8, 4) is 0 Å². The van der Waals surface area contributed by atoms with E-state index in [0.717, 1.165) is 36.5 Å². The average Bonchev–Trinajstić information content (AvgIpc) is 3.03. The van der Waals surface area contributed by atoms with E-state index in [9.17, 15) is 14.0 Å². The van der Waals surface area contributed by atoms with Crippen LogP contribution in [0.1, 0.15) is 36.3 Å². The third kappa shape index (κ3) is 5.07. The first kappa shape index (κ1) is 21.6. The Kier molecular flexibility index (Phi) is 7.11. The van der Waals surface area contributed by atoms with E-state index in [4.69, 9.17) is 28.9 Å². The molecule has 2 aromatic carbocycles. The summed E-state index contributed by atoms with van der Waals surface area (Å²) in [4.78, 5) is 24.8. The molecule has 8 heteroatoms. The van der Waals surface area contributed by atoms with E-state index in [2.05, 4.69) is 10.6 Å². The normalized spacial score (nSPS) is 17.7. The molecule has 0 fully saturated rings. The molecule has 0 aromatic heterocycles. The van der Waals surface area contributed by atoms with E-state index >= 15 is 0 Å². The molecule has 4 N–H and O–H groups in total. The lowest BCUT2D eigenvalue weighted by Gasteiger charge is -2.21. The molecule has 0 heterocycles. The molecule has 29 heavy (non-hydrogen) atoms. The number of fused-ring (bicyclic) bond motifs is 1. The summed E-state index contributed by atoms with van der Waals surface area (Å²) in [6.45, 7) is 0.603.